The van der Waals surface area contributed by atoms with Gasteiger partial charge in [-0.25, -0.2) is 0 Å². The first-order chi connectivity index (χ1) is 8.50. The van der Waals surface area contributed by atoms with Crippen LogP contribution in [-0.2, 0) is 6.54 Å². The van der Waals surface area contributed by atoms with Crippen LogP contribution in [0.3, 0.4) is 0 Å². The lowest BCUT2D eigenvalue weighted by Gasteiger charge is -2.19. The van der Waals surface area contributed by atoms with Crippen LogP contribution in [0.15, 0.2) is 36.1 Å². The Labute approximate surface area is 102 Å². The van der Waals surface area contributed by atoms with Crippen molar-refractivity contribution in [2.75, 3.05) is 6.54 Å². The summed E-state index contributed by atoms with van der Waals surface area (Å²) < 4.78 is 37.3. The van der Waals surface area contributed by atoms with Crippen molar-refractivity contribution in [2.24, 2.45) is 5.73 Å². The summed E-state index contributed by atoms with van der Waals surface area (Å²) in [6.45, 7) is 0.0698. The number of hydrogen-bond acceptors (Lipinski definition) is 3. The fourth-order valence-electron chi connectivity index (χ4n) is 1.64. The van der Waals surface area contributed by atoms with E-state index in [2.05, 4.69) is 10.3 Å². The summed E-state index contributed by atoms with van der Waals surface area (Å²) in [7, 11) is 0. The molecule has 0 unspecified atom stereocenters. The lowest BCUT2D eigenvalue weighted by atomic mass is 10.1. The molecule has 0 aromatic carbocycles. The highest BCUT2D eigenvalue weighted by molar-refractivity contribution is 5.67. The lowest BCUT2D eigenvalue weighted by Crippen LogP contribution is -2.26. The molecule has 3 nitrogen and oxygen atoms in total. The summed E-state index contributed by atoms with van der Waals surface area (Å²) in [5.74, 6) is 0. The van der Waals surface area contributed by atoms with E-state index in [-0.39, 0.29) is 6.54 Å². The summed E-state index contributed by atoms with van der Waals surface area (Å²) in [4.78, 5) is 4.03. The van der Waals surface area contributed by atoms with Crippen LogP contribution in [0.5, 0.6) is 0 Å². The first kappa shape index (κ1) is 12.6. The molecule has 0 aliphatic carbocycles. The van der Waals surface area contributed by atoms with E-state index in [1.54, 1.807) is 18.3 Å². The minimum Gasteiger partial charge on any atom is -0.380 e. The van der Waals surface area contributed by atoms with Gasteiger partial charge in [0.05, 0.1) is 11.3 Å². The lowest BCUT2D eigenvalue weighted by molar-refractivity contribution is -0.0927. The highest BCUT2D eigenvalue weighted by atomic mass is 19.4. The molecule has 96 valence electrons. The first-order valence-corrected chi connectivity index (χ1v) is 5.38. The van der Waals surface area contributed by atoms with Crippen molar-refractivity contribution in [3.05, 3.63) is 47.3 Å². The van der Waals surface area contributed by atoms with E-state index >= 15 is 0 Å². The number of nitrogens with one attached hydrogen (secondary N) is 1. The number of nitrogens with zero attached hydrogens (tertiary/aromatic N) is 1. The van der Waals surface area contributed by atoms with Gasteiger partial charge in [-0.15, -0.1) is 0 Å². The average Bonchev–Trinajstić information content (AvgIpc) is 2.38. The zero-order valence-electron chi connectivity index (χ0n) is 9.46. The third-order valence-corrected chi connectivity index (χ3v) is 2.62. The molecule has 1 aromatic heterocycles. The molecule has 0 saturated heterocycles. The van der Waals surface area contributed by atoms with Gasteiger partial charge in [-0.1, -0.05) is 6.08 Å². The van der Waals surface area contributed by atoms with E-state index in [9.17, 15) is 13.2 Å². The van der Waals surface area contributed by atoms with Crippen LogP contribution < -0.4 is 11.1 Å². The van der Waals surface area contributed by atoms with Gasteiger partial charge in [0.1, 0.15) is 0 Å². The minimum atomic E-state index is -4.28. The first-order valence-electron chi connectivity index (χ1n) is 5.38. The molecule has 0 amide bonds. The molecule has 0 spiro atoms. The van der Waals surface area contributed by atoms with Gasteiger partial charge in [-0.3, -0.25) is 4.98 Å². The van der Waals surface area contributed by atoms with Crippen LogP contribution in [0.4, 0.5) is 13.2 Å². The highest BCUT2D eigenvalue weighted by Crippen LogP contribution is 2.28. The SMILES string of the molecule is NCc1cc(C2=CC=C(C(F)(F)F)CN2)ccn1. The topological polar surface area (TPSA) is 50.9 Å². The maximum atomic E-state index is 12.4. The van der Waals surface area contributed by atoms with Crippen LogP contribution >= 0.6 is 0 Å². The molecule has 2 heterocycles. The number of dihydropyridines is 1. The van der Waals surface area contributed by atoms with Gasteiger partial charge < -0.3 is 11.1 Å². The van der Waals surface area contributed by atoms with Gasteiger partial charge >= 0.3 is 6.18 Å². The van der Waals surface area contributed by atoms with E-state index < -0.39 is 11.7 Å². The normalized spacial score (nSPS) is 15.8. The number of rotatable bonds is 2. The summed E-state index contributed by atoms with van der Waals surface area (Å²) in [5, 5.41) is 2.75. The maximum Gasteiger partial charge on any atom is 0.414 e. The van der Waals surface area contributed by atoms with Crippen molar-refractivity contribution >= 4 is 5.70 Å². The monoisotopic (exact) mass is 255 g/mol. The van der Waals surface area contributed by atoms with Gasteiger partial charge in [0.15, 0.2) is 0 Å². The van der Waals surface area contributed by atoms with Crippen LogP contribution in [0.1, 0.15) is 11.3 Å². The molecule has 0 radical (unpaired) electrons. The molecule has 3 N–H and O–H groups in total. The smallest absolute Gasteiger partial charge is 0.380 e. The van der Waals surface area contributed by atoms with Crippen molar-refractivity contribution in [2.45, 2.75) is 12.7 Å². The highest BCUT2D eigenvalue weighted by Gasteiger charge is 2.33. The molecule has 0 saturated carbocycles. The molecule has 0 bridgehead atoms. The van der Waals surface area contributed by atoms with Crippen molar-refractivity contribution in [1.82, 2.24) is 10.3 Å². The van der Waals surface area contributed by atoms with Gasteiger partial charge in [-0.05, 0) is 18.2 Å². The number of allylic oxidation sites excluding steroid dienone is 2. The van der Waals surface area contributed by atoms with Crippen molar-refractivity contribution < 1.29 is 13.2 Å². The van der Waals surface area contributed by atoms with Crippen LogP contribution in [0.25, 0.3) is 5.70 Å². The van der Waals surface area contributed by atoms with Crippen LogP contribution in [0.2, 0.25) is 0 Å². The average molecular weight is 255 g/mol. The third-order valence-electron chi connectivity index (χ3n) is 2.62. The zero-order valence-corrected chi connectivity index (χ0v) is 9.46. The fraction of sp³-hybridized carbons (Fsp3) is 0.250. The standard InChI is InChI=1S/C12H12F3N3/c13-12(14,15)9-1-2-11(18-7-9)8-3-4-17-10(5-8)6-16/h1-5,18H,6-7,16H2. The number of alkyl halides is 3. The number of aromatic nitrogens is 1. The molecular weight excluding hydrogens is 243 g/mol. The predicted molar refractivity (Wildman–Crippen MR) is 62.2 cm³/mol. The molecule has 2 rings (SSSR count). The molecule has 1 aliphatic rings. The second kappa shape index (κ2) is 4.81. The molecule has 6 heteroatoms. The number of nitrogens with two attached hydrogens (primary N) is 1. The molecule has 0 atom stereocenters. The predicted octanol–water partition coefficient (Wildman–Crippen LogP) is 1.97. The number of halogens is 3. The summed E-state index contributed by atoms with van der Waals surface area (Å²) >= 11 is 0. The molecule has 18 heavy (non-hydrogen) atoms. The Kier molecular flexibility index (Phi) is 3.38. The Morgan fingerprint density at radius 2 is 2.11 bits per heavy atom. The Morgan fingerprint density at radius 1 is 1.33 bits per heavy atom. The Balaban J connectivity index is 2.26. The molecule has 0 fully saturated rings. The van der Waals surface area contributed by atoms with Crippen molar-refractivity contribution in [3.8, 4) is 0 Å². The fourth-order valence-corrected chi connectivity index (χ4v) is 1.64. The third kappa shape index (κ3) is 2.70. The molecular formula is C12H12F3N3. The van der Waals surface area contributed by atoms with Gasteiger partial charge in [0.2, 0.25) is 0 Å². The van der Waals surface area contributed by atoms with E-state index in [0.29, 0.717) is 17.9 Å². The Morgan fingerprint density at radius 3 is 2.67 bits per heavy atom. The number of pyridine rings is 1. The van der Waals surface area contributed by atoms with Crippen molar-refractivity contribution in [3.63, 3.8) is 0 Å². The molecule has 1 aliphatic heterocycles. The Hall–Kier alpha value is -1.82. The van der Waals surface area contributed by atoms with Gasteiger partial charge in [-0.2, -0.15) is 13.2 Å². The summed E-state index contributed by atoms with van der Waals surface area (Å²) in [5.41, 5.74) is 7.00. The number of hydrogen-bond donors (Lipinski definition) is 2. The van der Waals surface area contributed by atoms with E-state index in [1.807, 2.05) is 0 Å². The largest absolute Gasteiger partial charge is 0.414 e. The second-order valence-electron chi connectivity index (χ2n) is 3.86. The van der Waals surface area contributed by atoms with Crippen molar-refractivity contribution in [1.29, 1.82) is 0 Å². The van der Waals surface area contributed by atoms with Crippen LogP contribution in [0, 0.1) is 0 Å². The summed E-state index contributed by atoms with van der Waals surface area (Å²) in [6, 6.07) is 3.48. The van der Waals surface area contributed by atoms with E-state index in [1.165, 1.54) is 6.08 Å². The van der Waals surface area contributed by atoms with Crippen LogP contribution in [-0.4, -0.2) is 17.7 Å². The maximum absolute atomic E-state index is 12.4. The zero-order chi connectivity index (χ0) is 13.2. The van der Waals surface area contributed by atoms with Gasteiger partial charge in [0.25, 0.3) is 0 Å². The second-order valence-corrected chi connectivity index (χ2v) is 3.86. The Bertz CT molecular complexity index is 504. The quantitative estimate of drug-likeness (QED) is 0.849. The van der Waals surface area contributed by atoms with E-state index in [0.717, 1.165) is 11.6 Å². The molecule has 1 aromatic rings. The summed E-state index contributed by atoms with van der Waals surface area (Å²) in [6.07, 6.45) is -0.185. The van der Waals surface area contributed by atoms with Gasteiger partial charge in [0, 0.05) is 30.5 Å². The van der Waals surface area contributed by atoms with E-state index in [4.69, 9.17) is 5.73 Å². The minimum absolute atomic E-state index is 0.227.